The maximum absolute atomic E-state index is 11.6. The van der Waals surface area contributed by atoms with Crippen LogP contribution in [0.2, 0.25) is 19.6 Å². The van der Waals surface area contributed by atoms with Crippen molar-refractivity contribution in [1.29, 1.82) is 0 Å². The summed E-state index contributed by atoms with van der Waals surface area (Å²) in [6, 6.07) is 2.07. The molecule has 0 aromatic heterocycles. The quantitative estimate of drug-likeness (QED) is 0.633. The van der Waals surface area contributed by atoms with Crippen molar-refractivity contribution in [3.05, 3.63) is 17.2 Å². The molecule has 2 N–H and O–H groups in total. The predicted molar refractivity (Wildman–Crippen MR) is 133 cm³/mol. The maximum atomic E-state index is 11.6. The number of aliphatic hydroxyl groups is 2. The highest BCUT2D eigenvalue weighted by molar-refractivity contribution is 6.89. The molecular formula is C26H38O6Si. The lowest BCUT2D eigenvalue weighted by Crippen LogP contribution is -2.42. The van der Waals surface area contributed by atoms with Gasteiger partial charge in [-0.1, -0.05) is 19.6 Å². The molecule has 1 saturated carbocycles. The van der Waals surface area contributed by atoms with Crippen molar-refractivity contribution in [2.75, 3.05) is 28.4 Å². The Bertz CT molecular complexity index is 1070. The average molecular weight is 475 g/mol. The number of hydrogen-bond acceptors (Lipinski definition) is 6. The number of ether oxygens (including phenoxy) is 4. The van der Waals surface area contributed by atoms with Gasteiger partial charge in [0, 0.05) is 11.1 Å². The normalized spacial score (nSPS) is 27.0. The number of fused-ring (bicyclic) bond motifs is 3. The van der Waals surface area contributed by atoms with Gasteiger partial charge in [-0.25, -0.2) is 0 Å². The Morgan fingerprint density at radius 1 is 0.939 bits per heavy atom. The lowest BCUT2D eigenvalue weighted by atomic mass is 9.63. The van der Waals surface area contributed by atoms with Crippen molar-refractivity contribution in [3.63, 3.8) is 0 Å². The molecule has 4 rings (SSSR count). The molecule has 33 heavy (non-hydrogen) atoms. The first-order chi connectivity index (χ1) is 15.5. The average Bonchev–Trinajstić information content (AvgIpc) is 2.75. The monoisotopic (exact) mass is 474 g/mol. The third-order valence-electron chi connectivity index (χ3n) is 7.67. The van der Waals surface area contributed by atoms with E-state index in [4.69, 9.17) is 18.9 Å². The van der Waals surface area contributed by atoms with Gasteiger partial charge in [0.2, 0.25) is 0 Å². The largest absolute Gasteiger partial charge is 0.496 e. The van der Waals surface area contributed by atoms with Gasteiger partial charge in [-0.3, -0.25) is 0 Å². The van der Waals surface area contributed by atoms with Gasteiger partial charge in [-0.2, -0.15) is 0 Å². The van der Waals surface area contributed by atoms with E-state index in [2.05, 4.69) is 25.7 Å². The second kappa shape index (κ2) is 8.36. The smallest absolute Gasteiger partial charge is 0.136 e. The van der Waals surface area contributed by atoms with E-state index in [0.717, 1.165) is 39.3 Å². The van der Waals surface area contributed by atoms with Gasteiger partial charge in [-0.15, -0.1) is 0 Å². The van der Waals surface area contributed by atoms with Crippen LogP contribution >= 0.6 is 0 Å². The second-order valence-electron chi connectivity index (χ2n) is 10.9. The summed E-state index contributed by atoms with van der Waals surface area (Å²) in [4.78, 5) is 0. The second-order valence-corrected chi connectivity index (χ2v) is 16.0. The minimum Gasteiger partial charge on any atom is -0.496 e. The third kappa shape index (κ3) is 3.78. The zero-order chi connectivity index (χ0) is 24.3. The molecule has 6 nitrogen and oxygen atoms in total. The van der Waals surface area contributed by atoms with Crippen LogP contribution in [0.1, 0.15) is 43.4 Å². The van der Waals surface area contributed by atoms with Gasteiger partial charge in [0.05, 0.1) is 59.0 Å². The summed E-state index contributed by atoms with van der Waals surface area (Å²) >= 11 is 0. The van der Waals surface area contributed by atoms with Crippen LogP contribution in [-0.2, 0) is 6.42 Å². The number of rotatable bonds is 5. The summed E-state index contributed by atoms with van der Waals surface area (Å²) in [6.07, 6.45) is 2.13. The minimum absolute atomic E-state index is 0.0722. The minimum atomic E-state index is -1.81. The fraction of sp³-hybridized carbons (Fsp3) is 0.615. The Morgan fingerprint density at radius 3 is 2.12 bits per heavy atom. The first kappa shape index (κ1) is 24.2. The third-order valence-corrected chi connectivity index (χ3v) is 9.66. The van der Waals surface area contributed by atoms with Crippen molar-refractivity contribution in [1.82, 2.24) is 0 Å². The standard InChI is InChI=1S/C26H38O6Si/c1-26(28)10-9-15-14(13-26)11-16-19(22(15)27)25(32-5)20-17(29-2)12-18(33(6,7)8)24(31-4)21(20)23(16)30-3/h12,14-15,22,27-28H,9-11,13H2,1-8H3/t14-,15-,22+,26+/m1/s1. The molecule has 2 aliphatic rings. The molecule has 4 atom stereocenters. The summed E-state index contributed by atoms with van der Waals surface area (Å²) in [5.41, 5.74) is 1.02. The van der Waals surface area contributed by atoms with Crippen LogP contribution in [0.4, 0.5) is 0 Å². The Kier molecular flexibility index (Phi) is 6.12. The Hall–Kier alpha value is -1.96. The number of methoxy groups -OCH3 is 4. The Labute approximate surface area is 197 Å². The van der Waals surface area contributed by atoms with Crippen LogP contribution in [0.3, 0.4) is 0 Å². The fourth-order valence-electron chi connectivity index (χ4n) is 6.16. The van der Waals surface area contributed by atoms with Crippen molar-refractivity contribution < 1.29 is 29.2 Å². The van der Waals surface area contributed by atoms with E-state index >= 15 is 0 Å². The molecule has 1 fully saturated rings. The fourth-order valence-corrected chi connectivity index (χ4v) is 7.63. The molecular weight excluding hydrogens is 436 g/mol. The Morgan fingerprint density at radius 2 is 1.58 bits per heavy atom. The van der Waals surface area contributed by atoms with Gasteiger partial charge in [0.15, 0.2) is 0 Å². The van der Waals surface area contributed by atoms with E-state index in [9.17, 15) is 10.2 Å². The van der Waals surface area contributed by atoms with Crippen LogP contribution < -0.4 is 24.1 Å². The molecule has 0 heterocycles. The van der Waals surface area contributed by atoms with Crippen LogP contribution in [0.5, 0.6) is 23.0 Å². The highest BCUT2D eigenvalue weighted by Gasteiger charge is 2.46. The highest BCUT2D eigenvalue weighted by Crippen LogP contribution is 2.57. The lowest BCUT2D eigenvalue weighted by Gasteiger charge is -2.46. The van der Waals surface area contributed by atoms with Crippen LogP contribution in [0.25, 0.3) is 10.8 Å². The lowest BCUT2D eigenvalue weighted by molar-refractivity contribution is -0.0583. The van der Waals surface area contributed by atoms with Crippen LogP contribution in [0.15, 0.2) is 6.07 Å². The number of benzene rings is 2. The molecule has 2 aliphatic carbocycles. The zero-order valence-corrected chi connectivity index (χ0v) is 22.2. The van der Waals surface area contributed by atoms with E-state index in [-0.39, 0.29) is 11.8 Å². The topological polar surface area (TPSA) is 77.4 Å². The molecule has 2 aromatic rings. The van der Waals surface area contributed by atoms with Gasteiger partial charge in [0.1, 0.15) is 23.0 Å². The molecule has 0 saturated heterocycles. The molecule has 0 bridgehead atoms. The molecule has 7 heteroatoms. The summed E-state index contributed by atoms with van der Waals surface area (Å²) in [7, 11) is 4.86. The van der Waals surface area contributed by atoms with Crippen molar-refractivity contribution in [3.8, 4) is 23.0 Å². The first-order valence-electron chi connectivity index (χ1n) is 11.7. The van der Waals surface area contributed by atoms with Crippen molar-refractivity contribution >= 4 is 24.0 Å². The number of hydrogen-bond donors (Lipinski definition) is 2. The van der Waals surface area contributed by atoms with Crippen LogP contribution in [0, 0.1) is 11.8 Å². The summed E-state index contributed by atoms with van der Waals surface area (Å²) in [5, 5.41) is 25.1. The molecule has 0 aliphatic heterocycles. The van der Waals surface area contributed by atoms with Crippen molar-refractivity contribution in [2.45, 2.75) is 64.0 Å². The van der Waals surface area contributed by atoms with Crippen molar-refractivity contribution in [2.24, 2.45) is 11.8 Å². The maximum Gasteiger partial charge on any atom is 0.136 e. The van der Waals surface area contributed by atoms with Gasteiger partial charge < -0.3 is 29.2 Å². The Balaban J connectivity index is 2.12. The molecule has 0 radical (unpaired) electrons. The molecule has 0 spiro atoms. The molecule has 0 unspecified atom stereocenters. The highest BCUT2D eigenvalue weighted by atomic mass is 28.3. The van der Waals surface area contributed by atoms with E-state index in [0.29, 0.717) is 36.5 Å². The summed E-state index contributed by atoms with van der Waals surface area (Å²) in [5.74, 6) is 3.06. The summed E-state index contributed by atoms with van der Waals surface area (Å²) in [6.45, 7) is 8.72. The van der Waals surface area contributed by atoms with Gasteiger partial charge in [-0.05, 0) is 55.7 Å². The van der Waals surface area contributed by atoms with E-state index < -0.39 is 19.8 Å². The van der Waals surface area contributed by atoms with Crippen LogP contribution in [-0.4, -0.2) is 52.3 Å². The van der Waals surface area contributed by atoms with Gasteiger partial charge >= 0.3 is 0 Å². The van der Waals surface area contributed by atoms with E-state index in [1.54, 1.807) is 28.4 Å². The summed E-state index contributed by atoms with van der Waals surface area (Å²) < 4.78 is 24.0. The van der Waals surface area contributed by atoms with E-state index in [1.807, 2.05) is 6.92 Å². The molecule has 2 aromatic carbocycles. The predicted octanol–water partition coefficient (Wildman–Crippen LogP) is 4.18. The molecule has 0 amide bonds. The van der Waals surface area contributed by atoms with E-state index in [1.165, 1.54) is 0 Å². The first-order valence-corrected chi connectivity index (χ1v) is 15.2. The number of aliphatic hydroxyl groups excluding tert-OH is 1. The SMILES string of the molecule is COc1cc([Si](C)(C)C)c(OC)c2c(OC)c3c(c(OC)c12)[C@@H](O)[C@@H]1CC[C@](C)(O)C[C@H]1C3. The van der Waals surface area contributed by atoms with Gasteiger partial charge in [0.25, 0.3) is 0 Å². The molecule has 182 valence electrons. The zero-order valence-electron chi connectivity index (χ0n) is 21.2.